The van der Waals surface area contributed by atoms with Crippen LogP contribution in [0.25, 0.3) is 0 Å². The summed E-state index contributed by atoms with van der Waals surface area (Å²) >= 11 is 6.03. The van der Waals surface area contributed by atoms with E-state index in [-0.39, 0.29) is 22.2 Å². The number of carbonyl (C=O) groups excluding carboxylic acids is 2. The molecule has 7 nitrogen and oxygen atoms in total. The molecule has 146 valence electrons. The first-order valence-electron chi connectivity index (χ1n) is 8.78. The zero-order valence-corrected chi connectivity index (χ0v) is 16.5. The third-order valence-electron chi connectivity index (χ3n) is 4.53. The van der Waals surface area contributed by atoms with Gasteiger partial charge in [0.15, 0.2) is 0 Å². The lowest BCUT2D eigenvalue weighted by Crippen LogP contribution is -2.38. The summed E-state index contributed by atoms with van der Waals surface area (Å²) in [6.07, 6.45) is 0.763. The minimum Gasteiger partial charge on any atom is -0.322 e. The number of hydrogen-bond acceptors (Lipinski definition) is 4. The zero-order valence-electron chi connectivity index (χ0n) is 15.8. The molecule has 2 aromatic rings. The monoisotopic (exact) mass is 401 g/mol. The molecule has 3 rings (SSSR count). The van der Waals surface area contributed by atoms with E-state index in [1.807, 2.05) is 26.8 Å². The Morgan fingerprint density at radius 2 is 1.89 bits per heavy atom. The first-order chi connectivity index (χ1) is 13.1. The van der Waals surface area contributed by atoms with Gasteiger partial charge in [-0.3, -0.25) is 19.7 Å². The standard InChI is InChI=1S/C20H20ClN3O4/c1-20(2,3)19(26)23-9-8-12-4-5-13(10-17(12)23)22-18(25)15-7-6-14(24(27)28)11-16(15)21/h4-7,10-11H,8-9H2,1-3H3,(H,22,25). The van der Waals surface area contributed by atoms with Crippen molar-refractivity contribution in [2.45, 2.75) is 27.2 Å². The Morgan fingerprint density at radius 3 is 2.50 bits per heavy atom. The summed E-state index contributed by atoms with van der Waals surface area (Å²) in [4.78, 5) is 37.2. The first-order valence-corrected chi connectivity index (χ1v) is 9.16. The van der Waals surface area contributed by atoms with Crippen LogP contribution in [0.5, 0.6) is 0 Å². The summed E-state index contributed by atoms with van der Waals surface area (Å²) in [6, 6.07) is 9.11. The second-order valence-corrected chi connectivity index (χ2v) is 8.08. The molecule has 0 spiro atoms. The Labute approximate surface area is 167 Å². The molecule has 0 atom stereocenters. The third-order valence-corrected chi connectivity index (χ3v) is 4.85. The Hall–Kier alpha value is -2.93. The van der Waals surface area contributed by atoms with Crippen molar-refractivity contribution in [2.24, 2.45) is 5.41 Å². The van der Waals surface area contributed by atoms with Crippen molar-refractivity contribution >= 4 is 40.5 Å². The SMILES string of the molecule is CC(C)(C)C(=O)N1CCc2ccc(NC(=O)c3ccc([N+](=O)[O-])cc3Cl)cc21. The van der Waals surface area contributed by atoms with E-state index in [4.69, 9.17) is 11.6 Å². The molecule has 2 aromatic carbocycles. The number of nitrogens with zero attached hydrogens (tertiary/aromatic N) is 2. The lowest BCUT2D eigenvalue weighted by Gasteiger charge is -2.26. The smallest absolute Gasteiger partial charge is 0.270 e. The van der Waals surface area contributed by atoms with Gasteiger partial charge in [-0.15, -0.1) is 0 Å². The molecule has 0 aliphatic carbocycles. The average Bonchev–Trinajstić information content (AvgIpc) is 3.02. The molecule has 0 aromatic heterocycles. The van der Waals surface area contributed by atoms with Crippen molar-refractivity contribution in [1.29, 1.82) is 0 Å². The fourth-order valence-corrected chi connectivity index (χ4v) is 3.33. The molecule has 0 unspecified atom stereocenters. The molecule has 28 heavy (non-hydrogen) atoms. The van der Waals surface area contributed by atoms with Gasteiger partial charge in [0, 0.05) is 35.5 Å². The minimum absolute atomic E-state index is 0.00241. The highest BCUT2D eigenvalue weighted by atomic mass is 35.5. The number of fused-ring (bicyclic) bond motifs is 1. The van der Waals surface area contributed by atoms with E-state index in [0.29, 0.717) is 12.2 Å². The van der Waals surface area contributed by atoms with Gasteiger partial charge in [-0.25, -0.2) is 0 Å². The van der Waals surface area contributed by atoms with E-state index in [1.54, 1.807) is 17.0 Å². The Balaban J connectivity index is 1.84. The van der Waals surface area contributed by atoms with Crippen molar-refractivity contribution in [3.63, 3.8) is 0 Å². The van der Waals surface area contributed by atoms with Crippen LogP contribution in [0.1, 0.15) is 36.7 Å². The number of halogens is 1. The molecule has 0 bridgehead atoms. The highest BCUT2D eigenvalue weighted by molar-refractivity contribution is 6.34. The van der Waals surface area contributed by atoms with Crippen LogP contribution < -0.4 is 10.2 Å². The number of non-ortho nitro benzene ring substituents is 1. The van der Waals surface area contributed by atoms with Crippen molar-refractivity contribution in [3.05, 3.63) is 62.7 Å². The highest BCUT2D eigenvalue weighted by Gasteiger charge is 2.32. The molecular formula is C20H20ClN3O4. The molecule has 2 amide bonds. The molecule has 1 aliphatic rings. The lowest BCUT2D eigenvalue weighted by molar-refractivity contribution is -0.384. The quantitative estimate of drug-likeness (QED) is 0.608. The summed E-state index contributed by atoms with van der Waals surface area (Å²) in [5, 5.41) is 13.5. The first kappa shape index (κ1) is 19.8. The number of rotatable bonds is 3. The van der Waals surface area contributed by atoms with Crippen LogP contribution in [0.4, 0.5) is 17.1 Å². The van der Waals surface area contributed by atoms with Crippen LogP contribution >= 0.6 is 11.6 Å². The van der Waals surface area contributed by atoms with Gasteiger partial charge in [-0.05, 0) is 30.2 Å². The Kier molecular flexibility index (Phi) is 5.12. The van der Waals surface area contributed by atoms with Gasteiger partial charge in [-0.2, -0.15) is 0 Å². The summed E-state index contributed by atoms with van der Waals surface area (Å²) in [5.74, 6) is -0.459. The van der Waals surface area contributed by atoms with Gasteiger partial charge in [0.1, 0.15) is 0 Å². The second kappa shape index (κ2) is 7.24. The van der Waals surface area contributed by atoms with Crippen LogP contribution in [-0.2, 0) is 11.2 Å². The molecule has 1 N–H and O–H groups in total. The Morgan fingerprint density at radius 1 is 1.18 bits per heavy atom. The maximum Gasteiger partial charge on any atom is 0.270 e. The minimum atomic E-state index is -0.575. The average molecular weight is 402 g/mol. The van der Waals surface area contributed by atoms with Gasteiger partial charge in [-0.1, -0.05) is 38.4 Å². The van der Waals surface area contributed by atoms with Crippen molar-refractivity contribution in [3.8, 4) is 0 Å². The maximum absolute atomic E-state index is 12.7. The molecule has 1 aliphatic heterocycles. The third kappa shape index (κ3) is 3.84. The van der Waals surface area contributed by atoms with Gasteiger partial charge >= 0.3 is 0 Å². The number of benzene rings is 2. The van der Waals surface area contributed by atoms with Gasteiger partial charge < -0.3 is 10.2 Å². The molecule has 0 saturated heterocycles. The maximum atomic E-state index is 12.7. The van der Waals surface area contributed by atoms with Crippen molar-refractivity contribution in [1.82, 2.24) is 0 Å². The van der Waals surface area contributed by atoms with Crippen LogP contribution in [0, 0.1) is 15.5 Å². The fraction of sp³-hybridized carbons (Fsp3) is 0.300. The summed E-state index contributed by atoms with van der Waals surface area (Å²) in [7, 11) is 0. The topological polar surface area (TPSA) is 92.6 Å². The zero-order chi connectivity index (χ0) is 20.6. The number of carbonyl (C=O) groups is 2. The number of anilines is 2. The fourth-order valence-electron chi connectivity index (χ4n) is 3.07. The van der Waals surface area contributed by atoms with Crippen LogP contribution in [0.2, 0.25) is 5.02 Å². The predicted molar refractivity (Wildman–Crippen MR) is 108 cm³/mol. The normalized spacial score (nSPS) is 13.2. The van der Waals surface area contributed by atoms with Crippen LogP contribution in [0.3, 0.4) is 0 Å². The van der Waals surface area contributed by atoms with E-state index in [9.17, 15) is 19.7 Å². The van der Waals surface area contributed by atoms with E-state index in [2.05, 4.69) is 5.32 Å². The highest BCUT2D eigenvalue weighted by Crippen LogP contribution is 2.34. The molecular weight excluding hydrogens is 382 g/mol. The number of nitrogens with one attached hydrogen (secondary N) is 1. The summed E-state index contributed by atoms with van der Waals surface area (Å²) < 4.78 is 0. The van der Waals surface area contributed by atoms with Crippen molar-refractivity contribution in [2.75, 3.05) is 16.8 Å². The molecule has 0 radical (unpaired) electrons. The summed E-state index contributed by atoms with van der Waals surface area (Å²) in [5.41, 5.74) is 1.79. The van der Waals surface area contributed by atoms with Crippen LogP contribution in [-0.4, -0.2) is 23.3 Å². The largest absolute Gasteiger partial charge is 0.322 e. The number of hydrogen-bond donors (Lipinski definition) is 1. The molecule has 0 fully saturated rings. The molecule has 1 heterocycles. The summed E-state index contributed by atoms with van der Waals surface area (Å²) in [6.45, 7) is 6.22. The van der Waals surface area contributed by atoms with E-state index in [0.717, 1.165) is 23.7 Å². The predicted octanol–water partition coefficient (Wildman–Crippen LogP) is 4.44. The van der Waals surface area contributed by atoms with Gasteiger partial charge in [0.2, 0.25) is 5.91 Å². The van der Waals surface area contributed by atoms with E-state index >= 15 is 0 Å². The molecule has 0 saturated carbocycles. The van der Waals surface area contributed by atoms with E-state index in [1.165, 1.54) is 12.1 Å². The number of nitro benzene ring substituents is 1. The van der Waals surface area contributed by atoms with Crippen molar-refractivity contribution < 1.29 is 14.5 Å². The van der Waals surface area contributed by atoms with Gasteiger partial charge in [0.05, 0.1) is 15.5 Å². The van der Waals surface area contributed by atoms with Crippen LogP contribution in [0.15, 0.2) is 36.4 Å². The second-order valence-electron chi connectivity index (χ2n) is 7.68. The Bertz CT molecular complexity index is 982. The number of nitro groups is 1. The number of amides is 2. The van der Waals surface area contributed by atoms with Gasteiger partial charge in [0.25, 0.3) is 11.6 Å². The lowest BCUT2D eigenvalue weighted by atomic mass is 9.94. The molecule has 8 heteroatoms. The van der Waals surface area contributed by atoms with E-state index < -0.39 is 16.2 Å².